The van der Waals surface area contributed by atoms with Gasteiger partial charge in [-0.15, -0.1) is 5.10 Å². The summed E-state index contributed by atoms with van der Waals surface area (Å²) in [5.41, 5.74) is 2.09. The zero-order chi connectivity index (χ0) is 13.0. The van der Waals surface area contributed by atoms with Crippen LogP contribution in [0.4, 0.5) is 5.95 Å². The number of aryl methyl sites for hydroxylation is 1. The van der Waals surface area contributed by atoms with Crippen LogP contribution in [-0.2, 0) is 0 Å². The van der Waals surface area contributed by atoms with Crippen molar-refractivity contribution in [1.82, 2.24) is 19.5 Å². The number of hydrogen-bond donors (Lipinski definition) is 1. The molecule has 0 atom stereocenters. The number of rotatable bonds is 6. The third-order valence-electron chi connectivity index (χ3n) is 3.10. The maximum Gasteiger partial charge on any atom is 0.243 e. The first-order chi connectivity index (χ1) is 8.72. The van der Waals surface area contributed by atoms with E-state index in [1.807, 2.05) is 18.3 Å². The van der Waals surface area contributed by atoms with Crippen molar-refractivity contribution in [1.29, 1.82) is 0 Å². The van der Waals surface area contributed by atoms with Gasteiger partial charge in [-0.25, -0.2) is 4.52 Å². The van der Waals surface area contributed by atoms with E-state index in [0.717, 1.165) is 31.8 Å². The largest absolute Gasteiger partial charge is 0.352 e. The topological polar surface area (TPSA) is 45.5 Å². The summed E-state index contributed by atoms with van der Waals surface area (Å²) in [6, 6.07) is 4.06. The Morgan fingerprint density at radius 3 is 2.83 bits per heavy atom. The van der Waals surface area contributed by atoms with E-state index in [0.29, 0.717) is 5.95 Å². The number of aromatic nitrogens is 3. The predicted octanol–water partition coefficient (Wildman–Crippen LogP) is 1.79. The molecule has 5 heteroatoms. The van der Waals surface area contributed by atoms with Gasteiger partial charge in [0.1, 0.15) is 0 Å². The van der Waals surface area contributed by atoms with Crippen molar-refractivity contribution in [3.63, 3.8) is 0 Å². The van der Waals surface area contributed by atoms with E-state index >= 15 is 0 Å². The first kappa shape index (κ1) is 12.8. The average molecular weight is 247 g/mol. The Morgan fingerprint density at radius 2 is 2.11 bits per heavy atom. The molecule has 18 heavy (non-hydrogen) atoms. The van der Waals surface area contributed by atoms with E-state index in [4.69, 9.17) is 0 Å². The van der Waals surface area contributed by atoms with E-state index in [-0.39, 0.29) is 0 Å². The van der Waals surface area contributed by atoms with E-state index < -0.39 is 0 Å². The lowest BCUT2D eigenvalue weighted by Crippen LogP contribution is -2.28. The Balaban J connectivity index is 1.95. The summed E-state index contributed by atoms with van der Waals surface area (Å²) in [6.07, 6.45) is 1.94. The lowest BCUT2D eigenvalue weighted by Gasteiger charge is -2.17. The summed E-state index contributed by atoms with van der Waals surface area (Å²) < 4.78 is 1.80. The second-order valence-corrected chi connectivity index (χ2v) is 4.40. The molecule has 0 radical (unpaired) electrons. The first-order valence-electron chi connectivity index (χ1n) is 6.52. The van der Waals surface area contributed by atoms with Crippen LogP contribution in [0.5, 0.6) is 0 Å². The Bertz CT molecular complexity index is 501. The zero-order valence-corrected chi connectivity index (χ0v) is 11.3. The fourth-order valence-corrected chi connectivity index (χ4v) is 1.92. The fraction of sp³-hybridized carbons (Fsp3) is 0.538. The highest BCUT2D eigenvalue weighted by atomic mass is 15.3. The van der Waals surface area contributed by atoms with Crippen LogP contribution in [0.25, 0.3) is 5.65 Å². The molecule has 0 fully saturated rings. The molecule has 98 valence electrons. The number of pyridine rings is 1. The van der Waals surface area contributed by atoms with Crippen LogP contribution in [0.1, 0.15) is 19.4 Å². The van der Waals surface area contributed by atoms with Crippen molar-refractivity contribution in [3.8, 4) is 0 Å². The molecule has 0 saturated heterocycles. The third-order valence-corrected chi connectivity index (χ3v) is 3.10. The number of fused-ring (bicyclic) bond motifs is 1. The molecule has 5 nitrogen and oxygen atoms in total. The van der Waals surface area contributed by atoms with Gasteiger partial charge in [-0.3, -0.25) is 0 Å². The van der Waals surface area contributed by atoms with Crippen molar-refractivity contribution in [2.45, 2.75) is 20.8 Å². The van der Waals surface area contributed by atoms with Crippen LogP contribution in [0, 0.1) is 6.92 Å². The predicted molar refractivity (Wildman–Crippen MR) is 74.0 cm³/mol. The van der Waals surface area contributed by atoms with E-state index in [9.17, 15) is 0 Å². The molecule has 2 rings (SSSR count). The molecule has 2 aromatic heterocycles. The monoisotopic (exact) mass is 247 g/mol. The SMILES string of the molecule is CCN(CC)CCNc1nc2cc(C)ccn2n1. The van der Waals surface area contributed by atoms with Crippen LogP contribution in [0.3, 0.4) is 0 Å². The summed E-state index contributed by atoms with van der Waals surface area (Å²) in [6.45, 7) is 10.5. The molecule has 0 aromatic carbocycles. The third kappa shape index (κ3) is 2.98. The molecular formula is C13H21N5. The molecule has 0 aliphatic carbocycles. The van der Waals surface area contributed by atoms with Crippen molar-refractivity contribution in [3.05, 3.63) is 23.9 Å². The summed E-state index contributed by atoms with van der Waals surface area (Å²) >= 11 is 0. The number of anilines is 1. The molecule has 0 aliphatic rings. The number of nitrogens with one attached hydrogen (secondary N) is 1. The maximum atomic E-state index is 4.44. The Hall–Kier alpha value is -1.62. The first-order valence-corrected chi connectivity index (χ1v) is 6.52. The number of nitrogens with zero attached hydrogens (tertiary/aromatic N) is 4. The van der Waals surface area contributed by atoms with Crippen LogP contribution in [0.15, 0.2) is 18.3 Å². The Kier molecular flexibility index (Phi) is 4.15. The molecule has 2 aromatic rings. The van der Waals surface area contributed by atoms with Crippen molar-refractivity contribution >= 4 is 11.6 Å². The molecule has 1 N–H and O–H groups in total. The zero-order valence-electron chi connectivity index (χ0n) is 11.3. The minimum Gasteiger partial charge on any atom is -0.352 e. The summed E-state index contributed by atoms with van der Waals surface area (Å²) in [5.74, 6) is 0.702. The van der Waals surface area contributed by atoms with Gasteiger partial charge in [-0.2, -0.15) is 4.98 Å². The average Bonchev–Trinajstić information content (AvgIpc) is 2.76. The van der Waals surface area contributed by atoms with Gasteiger partial charge in [0.2, 0.25) is 5.95 Å². The molecule has 0 spiro atoms. The molecular weight excluding hydrogens is 226 g/mol. The van der Waals surface area contributed by atoms with Crippen LogP contribution in [-0.4, -0.2) is 45.7 Å². The van der Waals surface area contributed by atoms with Crippen molar-refractivity contribution in [2.75, 3.05) is 31.5 Å². The quantitative estimate of drug-likeness (QED) is 0.845. The van der Waals surface area contributed by atoms with Gasteiger partial charge >= 0.3 is 0 Å². The maximum absolute atomic E-state index is 4.44. The van der Waals surface area contributed by atoms with Crippen molar-refractivity contribution in [2.24, 2.45) is 0 Å². The van der Waals surface area contributed by atoms with Gasteiger partial charge in [-0.1, -0.05) is 13.8 Å². The van der Waals surface area contributed by atoms with Crippen LogP contribution >= 0.6 is 0 Å². The normalized spacial score (nSPS) is 11.3. The van der Waals surface area contributed by atoms with E-state index in [2.05, 4.69) is 41.1 Å². The number of likely N-dealkylation sites (N-methyl/N-ethyl adjacent to an activating group) is 1. The van der Waals surface area contributed by atoms with Gasteiger partial charge in [0.25, 0.3) is 0 Å². The molecule has 0 bridgehead atoms. The molecule has 0 amide bonds. The lowest BCUT2D eigenvalue weighted by molar-refractivity contribution is 0.316. The molecule has 2 heterocycles. The van der Waals surface area contributed by atoms with E-state index in [1.54, 1.807) is 4.52 Å². The van der Waals surface area contributed by atoms with Crippen LogP contribution < -0.4 is 5.32 Å². The minimum atomic E-state index is 0.702. The second-order valence-electron chi connectivity index (χ2n) is 4.40. The van der Waals surface area contributed by atoms with Gasteiger partial charge < -0.3 is 10.2 Å². The Morgan fingerprint density at radius 1 is 1.33 bits per heavy atom. The fourth-order valence-electron chi connectivity index (χ4n) is 1.92. The standard InChI is InChI=1S/C13H21N5/c1-4-17(5-2)9-7-14-13-15-12-10-11(3)6-8-18(12)16-13/h6,8,10H,4-5,7,9H2,1-3H3,(H,14,16). The lowest BCUT2D eigenvalue weighted by atomic mass is 10.3. The van der Waals surface area contributed by atoms with Gasteiger partial charge in [0.15, 0.2) is 5.65 Å². The Labute approximate surface area is 108 Å². The summed E-state index contributed by atoms with van der Waals surface area (Å²) in [7, 11) is 0. The summed E-state index contributed by atoms with van der Waals surface area (Å²) in [5, 5.41) is 7.65. The van der Waals surface area contributed by atoms with E-state index in [1.165, 1.54) is 5.56 Å². The highest BCUT2D eigenvalue weighted by Gasteiger charge is 2.03. The summed E-state index contributed by atoms with van der Waals surface area (Å²) in [4.78, 5) is 6.81. The van der Waals surface area contributed by atoms with Crippen LogP contribution in [0.2, 0.25) is 0 Å². The second kappa shape index (κ2) is 5.82. The highest BCUT2D eigenvalue weighted by Crippen LogP contribution is 2.07. The van der Waals surface area contributed by atoms with Gasteiger partial charge in [-0.05, 0) is 37.7 Å². The smallest absolute Gasteiger partial charge is 0.243 e. The minimum absolute atomic E-state index is 0.702. The number of hydrogen-bond acceptors (Lipinski definition) is 4. The van der Waals surface area contributed by atoms with Gasteiger partial charge in [0, 0.05) is 19.3 Å². The molecule has 0 unspecified atom stereocenters. The highest BCUT2D eigenvalue weighted by molar-refractivity contribution is 5.45. The molecule has 0 saturated carbocycles. The van der Waals surface area contributed by atoms with Crippen molar-refractivity contribution < 1.29 is 0 Å². The molecule has 0 aliphatic heterocycles. The van der Waals surface area contributed by atoms with Gasteiger partial charge in [0.05, 0.1) is 0 Å².